The fourth-order valence-corrected chi connectivity index (χ4v) is 2.61. The van der Waals surface area contributed by atoms with Crippen molar-refractivity contribution in [2.75, 3.05) is 0 Å². The van der Waals surface area contributed by atoms with Crippen molar-refractivity contribution >= 4 is 50.0 Å². The molecule has 3 rings (SSSR count). The van der Waals surface area contributed by atoms with Crippen LogP contribution in [0.1, 0.15) is 15.9 Å². The topological polar surface area (TPSA) is 77.8 Å². The first-order chi connectivity index (χ1) is 11.0. The van der Waals surface area contributed by atoms with Crippen LogP contribution < -0.4 is 0 Å². The van der Waals surface area contributed by atoms with Crippen LogP contribution in [0.15, 0.2) is 51.1 Å². The summed E-state index contributed by atoms with van der Waals surface area (Å²) in [5.41, 5.74) is 2.29. The molecule has 7 heteroatoms. The lowest BCUT2D eigenvalue weighted by Gasteiger charge is -1.98. The summed E-state index contributed by atoms with van der Waals surface area (Å²) in [6, 6.07) is 10.0. The van der Waals surface area contributed by atoms with Crippen molar-refractivity contribution in [2.24, 2.45) is 10.2 Å². The maximum absolute atomic E-state index is 12.0. The molecule has 0 spiro atoms. The van der Waals surface area contributed by atoms with Crippen molar-refractivity contribution in [3.63, 3.8) is 0 Å². The zero-order valence-electron chi connectivity index (χ0n) is 12.0. The number of benzene rings is 2. The van der Waals surface area contributed by atoms with E-state index < -0.39 is 5.91 Å². The van der Waals surface area contributed by atoms with E-state index >= 15 is 0 Å². The van der Waals surface area contributed by atoms with E-state index in [4.69, 9.17) is 11.6 Å². The molecule has 2 N–H and O–H groups in total. The molecule has 0 bridgehead atoms. The molecule has 0 fully saturated rings. The van der Waals surface area contributed by atoms with E-state index in [1.807, 2.05) is 19.1 Å². The van der Waals surface area contributed by atoms with E-state index in [1.165, 1.54) is 0 Å². The summed E-state index contributed by atoms with van der Waals surface area (Å²) in [4.78, 5) is 14.8. The predicted octanol–water partition coefficient (Wildman–Crippen LogP) is 5.52. The number of hydrogen-bond donors (Lipinski definition) is 2. The lowest BCUT2D eigenvalue weighted by molar-refractivity contribution is 0.0995. The molecule has 1 heterocycles. The lowest BCUT2D eigenvalue weighted by Crippen LogP contribution is -1.92. The van der Waals surface area contributed by atoms with Crippen molar-refractivity contribution in [3.05, 3.63) is 57.0 Å². The summed E-state index contributed by atoms with van der Waals surface area (Å²) in [6.45, 7) is 1.92. The van der Waals surface area contributed by atoms with Gasteiger partial charge >= 0.3 is 0 Å². The van der Waals surface area contributed by atoms with E-state index in [-0.39, 0.29) is 11.6 Å². The average molecular weight is 393 g/mol. The van der Waals surface area contributed by atoms with Crippen LogP contribution >= 0.6 is 27.5 Å². The lowest BCUT2D eigenvalue weighted by atomic mass is 10.1. The fourth-order valence-electron chi connectivity index (χ4n) is 2.14. The van der Waals surface area contributed by atoms with Crippen LogP contribution in [0, 0.1) is 6.92 Å². The highest BCUT2D eigenvalue weighted by Gasteiger charge is 2.13. The Kier molecular flexibility index (Phi) is 4.19. The molecule has 0 radical (unpaired) electrons. The van der Waals surface area contributed by atoms with E-state index in [9.17, 15) is 9.90 Å². The zero-order valence-corrected chi connectivity index (χ0v) is 14.3. The molecule has 5 nitrogen and oxygen atoms in total. The van der Waals surface area contributed by atoms with Gasteiger partial charge in [0.25, 0.3) is 5.91 Å². The molecule has 0 aliphatic heterocycles. The standard InChI is InChI=1S/C16H11BrClN3O2/c1-8-6-11-13(7-12(8)17)19-16(23)14(11)20-21-15(22)9-2-4-10(18)5-3-9/h2-7,19,23H,1H3. The van der Waals surface area contributed by atoms with Gasteiger partial charge in [0, 0.05) is 20.4 Å². The first-order valence-electron chi connectivity index (χ1n) is 6.68. The first-order valence-corrected chi connectivity index (χ1v) is 7.85. The summed E-state index contributed by atoms with van der Waals surface area (Å²) >= 11 is 9.21. The Morgan fingerprint density at radius 2 is 1.96 bits per heavy atom. The van der Waals surface area contributed by atoms with Gasteiger partial charge in [0.2, 0.25) is 5.88 Å². The monoisotopic (exact) mass is 391 g/mol. The molecule has 116 valence electrons. The number of fused-ring (bicyclic) bond motifs is 1. The minimum atomic E-state index is -0.510. The number of aromatic amines is 1. The molecule has 0 aliphatic rings. The molecule has 0 aliphatic carbocycles. The van der Waals surface area contributed by atoms with Crippen LogP contribution in [-0.4, -0.2) is 16.0 Å². The van der Waals surface area contributed by atoms with Crippen molar-refractivity contribution < 1.29 is 9.90 Å². The van der Waals surface area contributed by atoms with Crippen LogP contribution in [0.4, 0.5) is 5.69 Å². The number of amides is 1. The summed E-state index contributed by atoms with van der Waals surface area (Å²) < 4.78 is 0.909. The SMILES string of the molecule is Cc1cc2c(N=NC(=O)c3ccc(Cl)cc3)c(O)[nH]c2cc1Br. The number of hydrogen-bond acceptors (Lipinski definition) is 3. The smallest absolute Gasteiger partial charge is 0.295 e. The number of carbonyl (C=O) groups is 1. The second-order valence-corrected chi connectivity index (χ2v) is 6.27. The van der Waals surface area contributed by atoms with E-state index in [0.717, 1.165) is 10.0 Å². The molecule has 23 heavy (non-hydrogen) atoms. The van der Waals surface area contributed by atoms with E-state index in [0.29, 0.717) is 21.5 Å². The Morgan fingerprint density at radius 3 is 2.65 bits per heavy atom. The highest BCUT2D eigenvalue weighted by Crippen LogP contribution is 2.37. The van der Waals surface area contributed by atoms with Gasteiger partial charge in [0.1, 0.15) is 0 Å². The Morgan fingerprint density at radius 1 is 1.26 bits per heavy atom. The number of H-pyrrole nitrogens is 1. The van der Waals surface area contributed by atoms with Crippen molar-refractivity contribution in [1.29, 1.82) is 0 Å². The van der Waals surface area contributed by atoms with Crippen LogP contribution in [0.5, 0.6) is 5.88 Å². The van der Waals surface area contributed by atoms with E-state index in [2.05, 4.69) is 31.1 Å². The largest absolute Gasteiger partial charge is 0.493 e. The summed E-state index contributed by atoms with van der Waals surface area (Å²) in [5.74, 6) is -0.644. The van der Waals surface area contributed by atoms with Crippen molar-refractivity contribution in [1.82, 2.24) is 4.98 Å². The number of halogens is 2. The van der Waals surface area contributed by atoms with E-state index in [1.54, 1.807) is 24.3 Å². The fraction of sp³-hybridized carbons (Fsp3) is 0.0625. The third-order valence-electron chi connectivity index (χ3n) is 3.36. The zero-order chi connectivity index (χ0) is 16.6. The number of nitrogens with one attached hydrogen (secondary N) is 1. The first kappa shape index (κ1) is 15.7. The maximum atomic E-state index is 12.0. The quantitative estimate of drug-likeness (QED) is 0.563. The van der Waals surface area contributed by atoms with Gasteiger partial charge in [-0.05, 0) is 48.9 Å². The van der Waals surface area contributed by atoms with Gasteiger partial charge in [-0.2, -0.15) is 0 Å². The number of nitrogens with zero attached hydrogens (tertiary/aromatic N) is 2. The van der Waals surface area contributed by atoms with Crippen LogP contribution in [0.2, 0.25) is 5.02 Å². The Balaban J connectivity index is 1.97. The third-order valence-corrected chi connectivity index (χ3v) is 4.47. The van der Waals surface area contributed by atoms with Gasteiger partial charge in [-0.1, -0.05) is 27.5 Å². The second kappa shape index (κ2) is 6.14. The Hall–Kier alpha value is -2.18. The van der Waals surface area contributed by atoms with Gasteiger partial charge < -0.3 is 10.1 Å². The molecule has 1 aromatic heterocycles. The molecule has 2 aromatic carbocycles. The number of rotatable bonds is 2. The maximum Gasteiger partial charge on any atom is 0.295 e. The number of aromatic hydroxyl groups is 1. The molecule has 0 atom stereocenters. The minimum absolute atomic E-state index is 0.134. The number of carbonyl (C=O) groups excluding carboxylic acids is 1. The summed E-state index contributed by atoms with van der Waals surface area (Å²) in [5, 5.41) is 18.8. The number of aromatic nitrogens is 1. The third kappa shape index (κ3) is 3.13. The highest BCUT2D eigenvalue weighted by molar-refractivity contribution is 9.10. The van der Waals surface area contributed by atoms with Gasteiger partial charge in [0.05, 0.1) is 5.52 Å². The van der Waals surface area contributed by atoms with Crippen LogP contribution in [0.25, 0.3) is 10.9 Å². The van der Waals surface area contributed by atoms with Crippen molar-refractivity contribution in [2.45, 2.75) is 6.92 Å². The van der Waals surface area contributed by atoms with Crippen LogP contribution in [-0.2, 0) is 0 Å². The second-order valence-electron chi connectivity index (χ2n) is 4.98. The number of aryl methyl sites for hydroxylation is 1. The molecule has 3 aromatic rings. The molecule has 1 amide bonds. The summed E-state index contributed by atoms with van der Waals surface area (Å²) in [6.07, 6.45) is 0. The average Bonchev–Trinajstić information content (AvgIpc) is 2.81. The molecule has 0 saturated heterocycles. The highest BCUT2D eigenvalue weighted by atomic mass is 79.9. The minimum Gasteiger partial charge on any atom is -0.493 e. The Bertz CT molecular complexity index is 933. The van der Waals surface area contributed by atoms with Gasteiger partial charge in [-0.25, -0.2) is 0 Å². The van der Waals surface area contributed by atoms with Gasteiger partial charge in [-0.3, -0.25) is 4.79 Å². The molecular weight excluding hydrogens is 382 g/mol. The van der Waals surface area contributed by atoms with Gasteiger partial charge in [-0.15, -0.1) is 10.2 Å². The molecular formula is C16H11BrClN3O2. The number of azo groups is 1. The normalized spacial score (nSPS) is 11.4. The van der Waals surface area contributed by atoms with Crippen molar-refractivity contribution in [3.8, 4) is 5.88 Å². The molecule has 0 saturated carbocycles. The van der Waals surface area contributed by atoms with Crippen LogP contribution in [0.3, 0.4) is 0 Å². The molecule has 0 unspecified atom stereocenters. The summed E-state index contributed by atoms with van der Waals surface area (Å²) in [7, 11) is 0. The predicted molar refractivity (Wildman–Crippen MR) is 92.7 cm³/mol. The Labute approximate surface area is 145 Å². The van der Waals surface area contributed by atoms with Gasteiger partial charge in [0.15, 0.2) is 5.69 Å².